The lowest BCUT2D eigenvalue weighted by molar-refractivity contribution is 1.52. The lowest BCUT2D eigenvalue weighted by Gasteiger charge is -2.03. The van der Waals surface area contributed by atoms with E-state index in [1.54, 1.807) is 24.3 Å². The molecule has 3 aromatic carbocycles. The van der Waals surface area contributed by atoms with E-state index in [4.69, 9.17) is 11.5 Å². The third kappa shape index (κ3) is 4.46. The first-order chi connectivity index (χ1) is 13.6. The van der Waals surface area contributed by atoms with Crippen LogP contribution in [-0.2, 0) is 0 Å². The second-order valence-electron chi connectivity index (χ2n) is 6.25. The van der Waals surface area contributed by atoms with E-state index in [1.807, 2.05) is 60.7 Å². The van der Waals surface area contributed by atoms with E-state index < -0.39 is 0 Å². The predicted octanol–water partition coefficient (Wildman–Crippen LogP) is 4.98. The molecule has 3 rings (SSSR count). The maximum Gasteiger partial charge on any atom is 0.0998 e. The van der Waals surface area contributed by atoms with Crippen LogP contribution in [0.1, 0.15) is 22.3 Å². The van der Waals surface area contributed by atoms with E-state index in [0.717, 1.165) is 22.3 Å². The minimum Gasteiger partial charge on any atom is -0.399 e. The molecule has 3 aromatic rings. The van der Waals surface area contributed by atoms with Gasteiger partial charge >= 0.3 is 0 Å². The van der Waals surface area contributed by atoms with Crippen molar-refractivity contribution in [2.45, 2.75) is 0 Å². The molecule has 0 aliphatic rings. The Morgan fingerprint density at radius 3 is 1.18 bits per heavy atom. The van der Waals surface area contributed by atoms with E-state index in [0.29, 0.717) is 22.5 Å². The van der Waals surface area contributed by atoms with Gasteiger partial charge < -0.3 is 11.5 Å². The van der Waals surface area contributed by atoms with Crippen LogP contribution in [0.4, 0.5) is 11.4 Å². The zero-order valence-electron chi connectivity index (χ0n) is 15.1. The third-order valence-electron chi connectivity index (χ3n) is 4.24. The lowest BCUT2D eigenvalue weighted by Crippen LogP contribution is -1.87. The molecular formula is C24H18N4. The number of hydrogen-bond donors (Lipinski definition) is 2. The number of anilines is 2. The average molecular weight is 362 g/mol. The fourth-order valence-electron chi connectivity index (χ4n) is 2.71. The van der Waals surface area contributed by atoms with E-state index in [9.17, 15) is 10.5 Å². The molecule has 0 aromatic heterocycles. The largest absolute Gasteiger partial charge is 0.399 e. The van der Waals surface area contributed by atoms with Crippen LogP contribution in [0.15, 0.2) is 72.8 Å². The Morgan fingerprint density at radius 1 is 0.571 bits per heavy atom. The van der Waals surface area contributed by atoms with Crippen molar-refractivity contribution >= 4 is 34.7 Å². The van der Waals surface area contributed by atoms with Crippen molar-refractivity contribution in [3.63, 3.8) is 0 Å². The molecule has 4 N–H and O–H groups in total. The van der Waals surface area contributed by atoms with Gasteiger partial charge in [-0.05, 0) is 58.7 Å². The molecule has 134 valence electrons. The van der Waals surface area contributed by atoms with Crippen molar-refractivity contribution in [1.29, 1.82) is 10.5 Å². The number of hydrogen-bond acceptors (Lipinski definition) is 4. The van der Waals surface area contributed by atoms with Gasteiger partial charge in [0, 0.05) is 11.4 Å². The van der Waals surface area contributed by atoms with E-state index in [-0.39, 0.29) is 0 Å². The van der Waals surface area contributed by atoms with Crippen LogP contribution in [0.25, 0.3) is 23.3 Å². The molecule has 0 aliphatic heterocycles. The fourth-order valence-corrected chi connectivity index (χ4v) is 2.71. The molecule has 4 nitrogen and oxygen atoms in total. The fraction of sp³-hybridized carbons (Fsp3) is 0. The molecule has 0 unspecified atom stereocenters. The summed E-state index contributed by atoms with van der Waals surface area (Å²) in [5.74, 6) is 0. The molecule has 0 bridgehead atoms. The first kappa shape index (κ1) is 18.5. The molecule has 28 heavy (non-hydrogen) atoms. The van der Waals surface area contributed by atoms with Gasteiger partial charge in [-0.25, -0.2) is 0 Å². The van der Waals surface area contributed by atoms with Crippen molar-refractivity contribution in [1.82, 2.24) is 0 Å². The normalized spacial score (nSPS) is 11.5. The van der Waals surface area contributed by atoms with Crippen LogP contribution >= 0.6 is 0 Å². The summed E-state index contributed by atoms with van der Waals surface area (Å²) in [6.45, 7) is 0. The standard InChI is InChI=1S/C24H18N4/c25-15-21(19-5-9-23(27)10-6-19)13-17-1-2-18(4-3-17)14-22(16-26)20-7-11-24(28)12-8-20/h1-14H,27-28H2. The predicted molar refractivity (Wildman–Crippen MR) is 115 cm³/mol. The maximum atomic E-state index is 9.46. The molecular weight excluding hydrogens is 344 g/mol. The summed E-state index contributed by atoms with van der Waals surface area (Å²) in [4.78, 5) is 0. The molecule has 0 fully saturated rings. The van der Waals surface area contributed by atoms with Gasteiger partial charge in [0.2, 0.25) is 0 Å². The summed E-state index contributed by atoms with van der Waals surface area (Å²) in [7, 11) is 0. The first-order valence-corrected chi connectivity index (χ1v) is 8.64. The van der Waals surface area contributed by atoms with E-state index in [1.165, 1.54) is 0 Å². The number of nitrogens with two attached hydrogens (primary N) is 2. The molecule has 0 aliphatic carbocycles. The van der Waals surface area contributed by atoms with Crippen LogP contribution in [0, 0.1) is 22.7 Å². The Balaban J connectivity index is 1.86. The van der Waals surface area contributed by atoms with Crippen molar-refractivity contribution in [3.05, 3.63) is 95.1 Å². The quantitative estimate of drug-likeness (QED) is 0.388. The summed E-state index contributed by atoms with van der Waals surface area (Å²) in [6, 6.07) is 26.5. The van der Waals surface area contributed by atoms with Crippen LogP contribution in [0.2, 0.25) is 0 Å². The average Bonchev–Trinajstić information content (AvgIpc) is 2.73. The number of benzene rings is 3. The topological polar surface area (TPSA) is 99.6 Å². The van der Waals surface area contributed by atoms with Gasteiger partial charge in [0.05, 0.1) is 23.3 Å². The summed E-state index contributed by atoms with van der Waals surface area (Å²) in [6.07, 6.45) is 3.65. The summed E-state index contributed by atoms with van der Waals surface area (Å²) < 4.78 is 0. The van der Waals surface area contributed by atoms with Crippen LogP contribution in [0.5, 0.6) is 0 Å². The minimum absolute atomic E-state index is 0.558. The third-order valence-corrected chi connectivity index (χ3v) is 4.24. The van der Waals surface area contributed by atoms with Crippen molar-refractivity contribution in [2.75, 3.05) is 11.5 Å². The molecule has 0 atom stereocenters. The van der Waals surface area contributed by atoms with Gasteiger partial charge in [-0.1, -0.05) is 48.5 Å². The van der Waals surface area contributed by atoms with E-state index >= 15 is 0 Å². The number of nitriles is 2. The van der Waals surface area contributed by atoms with Crippen LogP contribution < -0.4 is 11.5 Å². The molecule has 0 amide bonds. The Morgan fingerprint density at radius 2 is 0.893 bits per heavy atom. The van der Waals surface area contributed by atoms with Gasteiger partial charge in [-0.15, -0.1) is 0 Å². The number of rotatable bonds is 4. The number of allylic oxidation sites excluding steroid dienone is 2. The number of nitrogens with zero attached hydrogens (tertiary/aromatic N) is 2. The minimum atomic E-state index is 0.558. The molecule has 0 heterocycles. The second kappa shape index (κ2) is 8.40. The summed E-state index contributed by atoms with van der Waals surface area (Å²) in [5, 5.41) is 18.9. The summed E-state index contributed by atoms with van der Waals surface area (Å²) >= 11 is 0. The van der Waals surface area contributed by atoms with Crippen molar-refractivity contribution < 1.29 is 0 Å². The Kier molecular flexibility index (Phi) is 5.55. The SMILES string of the molecule is N#CC(=Cc1ccc(C=C(C#N)c2ccc(N)cc2)cc1)c1ccc(N)cc1. The highest BCUT2D eigenvalue weighted by Gasteiger charge is 2.03. The smallest absolute Gasteiger partial charge is 0.0998 e. The Bertz CT molecular complexity index is 1010. The van der Waals surface area contributed by atoms with Crippen LogP contribution in [0.3, 0.4) is 0 Å². The van der Waals surface area contributed by atoms with Gasteiger partial charge in [0.25, 0.3) is 0 Å². The highest BCUT2D eigenvalue weighted by atomic mass is 14.5. The number of nitrogen functional groups attached to an aromatic ring is 2. The van der Waals surface area contributed by atoms with Crippen LogP contribution in [-0.4, -0.2) is 0 Å². The highest BCUT2D eigenvalue weighted by Crippen LogP contribution is 2.22. The van der Waals surface area contributed by atoms with Gasteiger partial charge in [0.15, 0.2) is 0 Å². The van der Waals surface area contributed by atoms with Crippen molar-refractivity contribution in [2.24, 2.45) is 0 Å². The van der Waals surface area contributed by atoms with Crippen molar-refractivity contribution in [3.8, 4) is 12.1 Å². The monoisotopic (exact) mass is 362 g/mol. The molecule has 0 spiro atoms. The van der Waals surface area contributed by atoms with Gasteiger partial charge in [0.1, 0.15) is 0 Å². The Labute approximate surface area is 164 Å². The van der Waals surface area contributed by atoms with E-state index in [2.05, 4.69) is 12.1 Å². The maximum absolute atomic E-state index is 9.46. The zero-order chi connectivity index (χ0) is 19.9. The first-order valence-electron chi connectivity index (χ1n) is 8.64. The molecule has 0 saturated carbocycles. The molecule has 4 heteroatoms. The molecule has 0 saturated heterocycles. The zero-order valence-corrected chi connectivity index (χ0v) is 15.1. The molecule has 0 radical (unpaired) electrons. The van der Waals surface area contributed by atoms with Gasteiger partial charge in [-0.3, -0.25) is 0 Å². The second-order valence-corrected chi connectivity index (χ2v) is 6.25. The van der Waals surface area contributed by atoms with Gasteiger partial charge in [-0.2, -0.15) is 10.5 Å². The lowest BCUT2D eigenvalue weighted by atomic mass is 10.0. The highest BCUT2D eigenvalue weighted by molar-refractivity contribution is 5.91. The summed E-state index contributed by atoms with van der Waals surface area (Å²) in [5.41, 5.74) is 17.3. The Hall–Kier alpha value is -4.28.